The van der Waals surface area contributed by atoms with Crippen LogP contribution in [0.4, 0.5) is 5.82 Å². The predicted molar refractivity (Wildman–Crippen MR) is 113 cm³/mol. The van der Waals surface area contributed by atoms with Gasteiger partial charge in [-0.25, -0.2) is 19.7 Å². The minimum absolute atomic E-state index is 0.241. The number of aromatic nitrogens is 4. The number of aliphatic hydroxyl groups is 3. The molecule has 0 bridgehead atoms. The number of fused-ring (bicyclic) bond motifs is 1. The van der Waals surface area contributed by atoms with E-state index in [1.165, 1.54) is 17.2 Å². The van der Waals surface area contributed by atoms with Crippen molar-refractivity contribution in [1.29, 1.82) is 0 Å². The van der Waals surface area contributed by atoms with Crippen LogP contribution < -0.4 is 5.32 Å². The second kappa shape index (κ2) is 9.57. The van der Waals surface area contributed by atoms with Crippen LogP contribution in [0.2, 0.25) is 0 Å². The van der Waals surface area contributed by atoms with Gasteiger partial charge in [0.15, 0.2) is 23.2 Å². The maximum atomic E-state index is 12.6. The fourth-order valence-electron chi connectivity index (χ4n) is 3.70. The Morgan fingerprint density at radius 2 is 2.00 bits per heavy atom. The molecule has 1 aliphatic heterocycles. The fourth-order valence-corrected chi connectivity index (χ4v) is 3.70. The number of benzene rings is 1. The van der Waals surface area contributed by atoms with Gasteiger partial charge in [0.25, 0.3) is 0 Å². The van der Waals surface area contributed by atoms with Gasteiger partial charge in [0, 0.05) is 6.42 Å². The zero-order valence-corrected chi connectivity index (χ0v) is 17.4. The highest BCUT2D eigenvalue weighted by Crippen LogP contribution is 2.32. The molecule has 0 aliphatic carbocycles. The zero-order chi connectivity index (χ0) is 22.7. The van der Waals surface area contributed by atoms with E-state index in [-0.39, 0.29) is 6.61 Å². The lowest BCUT2D eigenvalue weighted by Gasteiger charge is -2.19. The van der Waals surface area contributed by atoms with Crippen LogP contribution >= 0.6 is 0 Å². The number of carbonyl (C=O) groups is 1. The number of aliphatic hydroxyl groups excluding tert-OH is 3. The molecule has 1 aliphatic rings. The van der Waals surface area contributed by atoms with E-state index in [2.05, 4.69) is 20.3 Å². The molecule has 1 unspecified atom stereocenters. The van der Waals surface area contributed by atoms with Gasteiger partial charge >= 0.3 is 5.97 Å². The Hall–Kier alpha value is -3.12. The number of nitrogens with zero attached hydrogens (tertiary/aromatic N) is 4. The molecule has 11 heteroatoms. The number of esters is 1. The van der Waals surface area contributed by atoms with Crippen LogP contribution in [-0.4, -0.2) is 78.4 Å². The van der Waals surface area contributed by atoms with E-state index in [0.29, 0.717) is 23.4 Å². The Labute approximate surface area is 183 Å². The molecule has 0 spiro atoms. The van der Waals surface area contributed by atoms with Crippen LogP contribution in [0.15, 0.2) is 43.0 Å². The van der Waals surface area contributed by atoms with Crippen molar-refractivity contribution in [2.75, 3.05) is 18.5 Å². The number of hydrogen-bond acceptors (Lipinski definition) is 10. The molecule has 170 valence electrons. The van der Waals surface area contributed by atoms with E-state index in [1.54, 1.807) is 6.92 Å². The maximum Gasteiger partial charge on any atom is 0.328 e. The summed E-state index contributed by atoms with van der Waals surface area (Å²) in [5.41, 5.74) is 1.63. The first-order valence-corrected chi connectivity index (χ1v) is 10.3. The highest BCUT2D eigenvalue weighted by molar-refractivity contribution is 5.86. The van der Waals surface area contributed by atoms with Gasteiger partial charge in [-0.15, -0.1) is 0 Å². The minimum atomic E-state index is -1.28. The number of rotatable bonds is 8. The van der Waals surface area contributed by atoms with E-state index < -0.39 is 43.2 Å². The highest BCUT2D eigenvalue weighted by Gasteiger charge is 2.44. The van der Waals surface area contributed by atoms with Crippen LogP contribution in [0.25, 0.3) is 11.2 Å². The van der Waals surface area contributed by atoms with Crippen LogP contribution in [0, 0.1) is 0 Å². The fraction of sp³-hybridized carbons (Fsp3) is 0.429. The van der Waals surface area contributed by atoms with Gasteiger partial charge in [-0.3, -0.25) is 4.57 Å². The summed E-state index contributed by atoms with van der Waals surface area (Å²) in [6, 6.07) is 8.80. The molecule has 32 heavy (non-hydrogen) atoms. The Balaban J connectivity index is 1.63. The molecule has 0 saturated carbocycles. The topological polar surface area (TPSA) is 152 Å². The van der Waals surface area contributed by atoms with E-state index in [4.69, 9.17) is 9.47 Å². The first-order valence-electron chi connectivity index (χ1n) is 10.3. The third-order valence-corrected chi connectivity index (χ3v) is 5.31. The third-order valence-electron chi connectivity index (χ3n) is 5.31. The average Bonchev–Trinajstić information content (AvgIpc) is 3.36. The zero-order valence-electron chi connectivity index (χ0n) is 17.4. The molecule has 1 fully saturated rings. The lowest BCUT2D eigenvalue weighted by Crippen LogP contribution is -2.34. The predicted octanol–water partition coefficient (Wildman–Crippen LogP) is 0.0241. The van der Waals surface area contributed by atoms with E-state index in [0.717, 1.165) is 5.56 Å². The molecule has 1 aromatic carbocycles. The second-order valence-electron chi connectivity index (χ2n) is 7.41. The SMILES string of the molecule is CCOC(=O)[C@H](Cc1ccccc1)Nc1ncnc2c1ncn2[C@@H]1O[C@H](CO)[C@H](O)C1O. The molecule has 3 heterocycles. The quantitative estimate of drug-likeness (QED) is 0.351. The Morgan fingerprint density at radius 3 is 2.69 bits per heavy atom. The van der Waals surface area contributed by atoms with Crippen molar-refractivity contribution < 1.29 is 29.6 Å². The average molecular weight is 443 g/mol. The molecule has 1 saturated heterocycles. The summed E-state index contributed by atoms with van der Waals surface area (Å²) in [6.45, 7) is 1.54. The van der Waals surface area contributed by atoms with Gasteiger partial charge in [-0.1, -0.05) is 30.3 Å². The molecular weight excluding hydrogens is 418 g/mol. The molecule has 11 nitrogen and oxygen atoms in total. The molecule has 0 amide bonds. The number of anilines is 1. The number of ether oxygens (including phenoxy) is 2. The number of imidazole rings is 1. The number of hydrogen-bond donors (Lipinski definition) is 4. The van der Waals surface area contributed by atoms with Gasteiger partial charge in [0.05, 0.1) is 19.5 Å². The summed E-state index contributed by atoms with van der Waals surface area (Å²) in [4.78, 5) is 25.4. The number of nitrogens with one attached hydrogen (secondary N) is 1. The molecule has 5 atom stereocenters. The van der Waals surface area contributed by atoms with E-state index in [1.807, 2.05) is 30.3 Å². The van der Waals surface area contributed by atoms with Crippen molar-refractivity contribution in [3.05, 3.63) is 48.5 Å². The summed E-state index contributed by atoms with van der Waals surface area (Å²) in [5.74, 6) is -0.111. The van der Waals surface area contributed by atoms with Crippen molar-refractivity contribution in [2.45, 2.75) is 43.9 Å². The van der Waals surface area contributed by atoms with Crippen LogP contribution in [0.5, 0.6) is 0 Å². The van der Waals surface area contributed by atoms with Crippen LogP contribution in [-0.2, 0) is 20.7 Å². The number of carbonyl (C=O) groups excluding carboxylic acids is 1. The van der Waals surface area contributed by atoms with Crippen molar-refractivity contribution in [1.82, 2.24) is 19.5 Å². The molecule has 2 aromatic heterocycles. The molecule has 0 radical (unpaired) electrons. The summed E-state index contributed by atoms with van der Waals surface area (Å²) < 4.78 is 12.3. The van der Waals surface area contributed by atoms with Crippen molar-refractivity contribution in [3.63, 3.8) is 0 Å². The van der Waals surface area contributed by atoms with E-state index >= 15 is 0 Å². The van der Waals surface area contributed by atoms with Crippen molar-refractivity contribution in [2.24, 2.45) is 0 Å². The highest BCUT2D eigenvalue weighted by atomic mass is 16.6. The lowest BCUT2D eigenvalue weighted by atomic mass is 10.1. The van der Waals surface area contributed by atoms with Crippen molar-refractivity contribution in [3.8, 4) is 0 Å². The van der Waals surface area contributed by atoms with Crippen LogP contribution in [0.1, 0.15) is 18.7 Å². The van der Waals surface area contributed by atoms with Crippen molar-refractivity contribution >= 4 is 23.0 Å². The van der Waals surface area contributed by atoms with Gasteiger partial charge in [-0.05, 0) is 12.5 Å². The molecule has 3 aromatic rings. The lowest BCUT2D eigenvalue weighted by molar-refractivity contribution is -0.144. The summed E-state index contributed by atoms with van der Waals surface area (Å²) in [6.07, 6.45) is -1.36. The standard InChI is InChI=1S/C21H25N5O6/c1-2-31-21(30)13(8-12-6-4-3-5-7-12)25-18-15-19(23-10-22-18)26(11-24-15)20-17(29)16(28)14(9-27)32-20/h3-7,10-11,13-14,16-17,20,27-29H,2,8-9H2,1H3,(H,22,23,25)/t13-,14+,16-,17?,20+/m0/s1. The van der Waals surface area contributed by atoms with E-state index in [9.17, 15) is 20.1 Å². The second-order valence-corrected chi connectivity index (χ2v) is 7.41. The Morgan fingerprint density at radius 1 is 1.22 bits per heavy atom. The van der Waals surface area contributed by atoms with Gasteiger partial charge in [0.1, 0.15) is 30.7 Å². The first kappa shape index (κ1) is 22.1. The summed E-state index contributed by atoms with van der Waals surface area (Å²) in [5, 5.41) is 32.9. The summed E-state index contributed by atoms with van der Waals surface area (Å²) >= 11 is 0. The molecular formula is C21H25N5O6. The van der Waals surface area contributed by atoms with Crippen LogP contribution in [0.3, 0.4) is 0 Å². The largest absolute Gasteiger partial charge is 0.464 e. The first-order chi connectivity index (χ1) is 15.5. The minimum Gasteiger partial charge on any atom is -0.464 e. The molecule has 4 N–H and O–H groups in total. The third kappa shape index (κ3) is 4.28. The van der Waals surface area contributed by atoms with Gasteiger partial charge in [0.2, 0.25) is 0 Å². The monoisotopic (exact) mass is 443 g/mol. The maximum absolute atomic E-state index is 12.6. The molecule has 4 rings (SSSR count). The van der Waals surface area contributed by atoms with Gasteiger partial charge in [-0.2, -0.15) is 0 Å². The Kier molecular flexibility index (Phi) is 6.61. The Bertz CT molecular complexity index is 1060. The van der Waals surface area contributed by atoms with Gasteiger partial charge < -0.3 is 30.1 Å². The smallest absolute Gasteiger partial charge is 0.328 e. The summed E-state index contributed by atoms with van der Waals surface area (Å²) in [7, 11) is 0. The normalized spacial score (nSPS) is 23.9.